The van der Waals surface area contributed by atoms with Crippen LogP contribution >= 0.6 is 11.6 Å². The molecular formula is C22H21ClFN3O4S. The summed E-state index contributed by atoms with van der Waals surface area (Å²) in [6, 6.07) is 11.2. The average Bonchev–Trinajstić information content (AvgIpc) is 3.26. The Morgan fingerprint density at radius 2 is 1.69 bits per heavy atom. The Morgan fingerprint density at radius 1 is 1.06 bits per heavy atom. The van der Waals surface area contributed by atoms with Gasteiger partial charge in [0.05, 0.1) is 4.90 Å². The fourth-order valence-corrected chi connectivity index (χ4v) is 4.94. The van der Waals surface area contributed by atoms with Crippen molar-refractivity contribution in [2.75, 3.05) is 31.1 Å². The summed E-state index contributed by atoms with van der Waals surface area (Å²) < 4.78 is 46.1. The number of carbonyl (C=O) groups is 1. The molecule has 4 rings (SSSR count). The summed E-state index contributed by atoms with van der Waals surface area (Å²) in [4.78, 5) is 19.8. The van der Waals surface area contributed by atoms with Gasteiger partial charge >= 0.3 is 0 Å². The van der Waals surface area contributed by atoms with Crippen LogP contribution in [0.3, 0.4) is 0 Å². The monoisotopic (exact) mass is 477 g/mol. The molecule has 168 valence electrons. The smallest absolute Gasteiger partial charge is 0.236 e. The molecule has 10 heteroatoms. The molecule has 0 N–H and O–H groups in total. The number of rotatable bonds is 5. The third-order valence-electron chi connectivity index (χ3n) is 5.27. The summed E-state index contributed by atoms with van der Waals surface area (Å²) in [6.07, 6.45) is 0.410. The molecule has 2 aromatic carbocycles. The van der Waals surface area contributed by atoms with Gasteiger partial charge in [0.2, 0.25) is 32.5 Å². The second-order valence-electron chi connectivity index (χ2n) is 7.31. The molecule has 1 aromatic heterocycles. The van der Waals surface area contributed by atoms with Crippen molar-refractivity contribution in [2.24, 2.45) is 0 Å². The van der Waals surface area contributed by atoms with Gasteiger partial charge in [-0.05, 0) is 48.5 Å². The number of aromatic nitrogens is 1. The number of piperazine rings is 1. The predicted octanol–water partition coefficient (Wildman–Crippen LogP) is 4.03. The number of sulfone groups is 1. The lowest BCUT2D eigenvalue weighted by molar-refractivity contribution is -0.131. The molecule has 1 aliphatic heterocycles. The molecule has 0 unspecified atom stereocenters. The van der Waals surface area contributed by atoms with E-state index in [0.29, 0.717) is 43.2 Å². The van der Waals surface area contributed by atoms with E-state index in [1.165, 1.54) is 48.5 Å². The van der Waals surface area contributed by atoms with E-state index in [1.54, 1.807) is 16.7 Å². The van der Waals surface area contributed by atoms with Gasteiger partial charge in [0, 0.05) is 43.2 Å². The quantitative estimate of drug-likeness (QED) is 0.551. The van der Waals surface area contributed by atoms with Crippen LogP contribution in [0.2, 0.25) is 5.02 Å². The van der Waals surface area contributed by atoms with Crippen molar-refractivity contribution in [3.05, 3.63) is 59.4 Å². The van der Waals surface area contributed by atoms with E-state index in [0.717, 1.165) is 0 Å². The first-order chi connectivity index (χ1) is 15.3. The highest BCUT2D eigenvalue weighted by Gasteiger charge is 2.33. The Kier molecular flexibility index (Phi) is 6.21. The van der Waals surface area contributed by atoms with E-state index in [2.05, 4.69) is 4.98 Å². The lowest BCUT2D eigenvalue weighted by Crippen LogP contribution is -2.48. The maximum Gasteiger partial charge on any atom is 0.236 e. The largest absolute Gasteiger partial charge is 0.419 e. The van der Waals surface area contributed by atoms with Crippen LogP contribution in [0.4, 0.5) is 10.3 Å². The Hall–Kier alpha value is -2.91. The molecule has 0 radical (unpaired) electrons. The number of hydrogen-bond donors (Lipinski definition) is 0. The maximum absolute atomic E-state index is 13.4. The fourth-order valence-electron chi connectivity index (χ4n) is 3.50. The number of nitrogens with zero attached hydrogens (tertiary/aromatic N) is 3. The number of hydrogen-bond acceptors (Lipinski definition) is 6. The van der Waals surface area contributed by atoms with Crippen molar-refractivity contribution < 1.29 is 22.0 Å². The molecule has 1 fully saturated rings. The van der Waals surface area contributed by atoms with E-state index < -0.39 is 15.7 Å². The van der Waals surface area contributed by atoms with Crippen LogP contribution in [-0.2, 0) is 14.6 Å². The summed E-state index contributed by atoms with van der Waals surface area (Å²) in [6.45, 7) is 3.48. The zero-order valence-electron chi connectivity index (χ0n) is 17.3. The van der Waals surface area contributed by atoms with Crippen LogP contribution in [0.1, 0.15) is 13.3 Å². The van der Waals surface area contributed by atoms with Crippen LogP contribution in [0.5, 0.6) is 0 Å². The van der Waals surface area contributed by atoms with Crippen LogP contribution in [0, 0.1) is 5.82 Å². The van der Waals surface area contributed by atoms with Crippen molar-refractivity contribution in [1.82, 2.24) is 9.88 Å². The zero-order valence-corrected chi connectivity index (χ0v) is 18.9. The van der Waals surface area contributed by atoms with Crippen molar-refractivity contribution in [1.29, 1.82) is 0 Å². The van der Waals surface area contributed by atoms with Gasteiger partial charge in [0.15, 0.2) is 0 Å². The first kappa shape index (κ1) is 22.3. The van der Waals surface area contributed by atoms with Crippen LogP contribution in [0.15, 0.2) is 62.9 Å². The van der Waals surface area contributed by atoms with Crippen molar-refractivity contribution in [3.8, 4) is 11.5 Å². The van der Waals surface area contributed by atoms with E-state index >= 15 is 0 Å². The van der Waals surface area contributed by atoms with Gasteiger partial charge in [0.25, 0.3) is 0 Å². The second-order valence-corrected chi connectivity index (χ2v) is 9.62. The minimum atomic E-state index is -4.03. The third-order valence-corrected chi connectivity index (χ3v) is 7.19. The summed E-state index contributed by atoms with van der Waals surface area (Å²) in [5.41, 5.74) is 0.449. The number of amides is 1. The molecule has 7 nitrogen and oxygen atoms in total. The van der Waals surface area contributed by atoms with Gasteiger partial charge in [-0.2, -0.15) is 4.98 Å². The Bertz CT molecular complexity index is 1220. The maximum atomic E-state index is 13.4. The van der Waals surface area contributed by atoms with E-state index in [9.17, 15) is 17.6 Å². The molecule has 0 bridgehead atoms. The second kappa shape index (κ2) is 8.91. The van der Waals surface area contributed by atoms with E-state index in [4.69, 9.17) is 16.0 Å². The van der Waals surface area contributed by atoms with Gasteiger partial charge in [-0.3, -0.25) is 4.79 Å². The van der Waals surface area contributed by atoms with Crippen LogP contribution in [0.25, 0.3) is 11.5 Å². The zero-order chi connectivity index (χ0) is 22.9. The topological polar surface area (TPSA) is 83.7 Å². The minimum absolute atomic E-state index is 0.0295. The third kappa shape index (κ3) is 4.35. The fraction of sp³-hybridized carbons (Fsp3) is 0.273. The lowest BCUT2D eigenvalue weighted by Gasteiger charge is -2.34. The molecule has 2 heterocycles. The molecule has 0 atom stereocenters. The molecule has 1 amide bonds. The average molecular weight is 478 g/mol. The predicted molar refractivity (Wildman–Crippen MR) is 118 cm³/mol. The van der Waals surface area contributed by atoms with Crippen molar-refractivity contribution in [3.63, 3.8) is 0 Å². The minimum Gasteiger partial charge on any atom is -0.419 e. The molecule has 0 spiro atoms. The first-order valence-electron chi connectivity index (χ1n) is 10.1. The van der Waals surface area contributed by atoms with Gasteiger partial charge in [0.1, 0.15) is 5.82 Å². The SMILES string of the molecule is CCC(=O)N1CCN(c2oc(-c3ccc(F)cc3)nc2S(=O)(=O)c2ccc(Cl)cc2)CC1. The number of oxazole rings is 1. The number of carbonyl (C=O) groups excluding carboxylic acids is 1. The van der Waals surface area contributed by atoms with Gasteiger partial charge in [-0.1, -0.05) is 18.5 Å². The summed E-state index contributed by atoms with van der Waals surface area (Å²) in [5.74, 6) is -0.211. The summed E-state index contributed by atoms with van der Waals surface area (Å²) in [7, 11) is -4.03. The number of benzene rings is 2. The molecule has 0 saturated carbocycles. The van der Waals surface area contributed by atoms with Crippen LogP contribution in [-0.4, -0.2) is 50.4 Å². The number of halogens is 2. The molecule has 3 aromatic rings. The highest BCUT2D eigenvalue weighted by molar-refractivity contribution is 7.91. The number of anilines is 1. The van der Waals surface area contributed by atoms with Crippen LogP contribution < -0.4 is 4.90 Å². The molecular weight excluding hydrogens is 457 g/mol. The summed E-state index contributed by atoms with van der Waals surface area (Å²) >= 11 is 5.91. The molecule has 1 saturated heterocycles. The Morgan fingerprint density at radius 3 is 2.28 bits per heavy atom. The highest BCUT2D eigenvalue weighted by Crippen LogP contribution is 2.35. The van der Waals surface area contributed by atoms with Gasteiger partial charge < -0.3 is 14.2 Å². The molecule has 32 heavy (non-hydrogen) atoms. The molecule has 1 aliphatic rings. The van der Waals surface area contributed by atoms with Gasteiger partial charge in [-0.15, -0.1) is 0 Å². The standard InChI is InChI=1S/C22H21ClFN3O4S/c1-2-19(28)26-11-13-27(14-12-26)22-21(32(29,30)18-9-5-16(23)6-10-18)25-20(31-22)15-3-7-17(24)8-4-15/h3-10H,2,11-14H2,1H3. The normalized spacial score (nSPS) is 14.6. The highest BCUT2D eigenvalue weighted by atomic mass is 35.5. The van der Waals surface area contributed by atoms with Crippen molar-refractivity contribution in [2.45, 2.75) is 23.3 Å². The lowest BCUT2D eigenvalue weighted by atomic mass is 10.2. The Labute approximate surface area is 190 Å². The first-order valence-corrected chi connectivity index (χ1v) is 12.0. The summed E-state index contributed by atoms with van der Waals surface area (Å²) in [5, 5.41) is 0.183. The van der Waals surface area contributed by atoms with E-state index in [1.807, 2.05) is 0 Å². The van der Waals surface area contributed by atoms with Gasteiger partial charge in [-0.25, -0.2) is 12.8 Å². The Balaban J connectivity index is 1.75. The van der Waals surface area contributed by atoms with E-state index in [-0.39, 0.29) is 27.6 Å². The molecule has 0 aliphatic carbocycles. The van der Waals surface area contributed by atoms with Crippen molar-refractivity contribution >= 4 is 33.2 Å².